The van der Waals surface area contributed by atoms with E-state index in [2.05, 4.69) is 32.7 Å². The van der Waals surface area contributed by atoms with Crippen LogP contribution in [0.1, 0.15) is 92.9 Å². The summed E-state index contributed by atoms with van der Waals surface area (Å²) in [6.07, 6.45) is 7.45. The summed E-state index contributed by atoms with van der Waals surface area (Å²) in [4.78, 5) is 16.5. The van der Waals surface area contributed by atoms with Gasteiger partial charge in [-0.3, -0.25) is 0 Å². The summed E-state index contributed by atoms with van der Waals surface area (Å²) in [5.41, 5.74) is 0.172. The summed E-state index contributed by atoms with van der Waals surface area (Å²) >= 11 is 0. The maximum absolute atomic E-state index is 12.7. The Balaban J connectivity index is 1.23. The van der Waals surface area contributed by atoms with Crippen molar-refractivity contribution in [3.05, 3.63) is 18.3 Å². The van der Waals surface area contributed by atoms with Gasteiger partial charge in [-0.25, -0.2) is 14.5 Å². The second kappa shape index (κ2) is 12.1. The van der Waals surface area contributed by atoms with E-state index in [0.717, 1.165) is 51.4 Å². The number of hydrogen-bond acceptors (Lipinski definition) is 8. The van der Waals surface area contributed by atoms with Crippen molar-refractivity contribution in [3.8, 4) is 5.75 Å². The van der Waals surface area contributed by atoms with Gasteiger partial charge in [-0.05, 0) is 123 Å². The molecule has 0 radical (unpaired) electrons. The molecule has 4 fully saturated rings. The van der Waals surface area contributed by atoms with Crippen LogP contribution in [-0.4, -0.2) is 54.6 Å². The Labute approximate surface area is 257 Å². The van der Waals surface area contributed by atoms with E-state index in [0.29, 0.717) is 29.4 Å². The maximum atomic E-state index is 12.7. The minimum Gasteiger partial charge on any atom is -0.489 e. The van der Waals surface area contributed by atoms with Gasteiger partial charge in [0.05, 0.1) is 31.1 Å². The van der Waals surface area contributed by atoms with E-state index in [-0.39, 0.29) is 58.5 Å². The summed E-state index contributed by atoms with van der Waals surface area (Å²) < 4.78 is 38.4. The maximum Gasteiger partial charge on any atom is 0.421 e. The van der Waals surface area contributed by atoms with E-state index >= 15 is 0 Å². The topological polar surface area (TPSA) is 135 Å². The van der Waals surface area contributed by atoms with Crippen LogP contribution < -0.4 is 9.46 Å². The number of ether oxygens (including phenoxy) is 2. The van der Waals surface area contributed by atoms with Crippen molar-refractivity contribution in [2.75, 3.05) is 6.61 Å². The Bertz CT molecular complexity index is 1260. The first kappa shape index (κ1) is 32.5. The van der Waals surface area contributed by atoms with Gasteiger partial charge in [0.15, 0.2) is 5.03 Å². The number of aromatic nitrogens is 1. The number of rotatable bonds is 8. The number of fused-ring (bicyclic) bond motifs is 5. The first-order valence-corrected chi connectivity index (χ1v) is 17.9. The van der Waals surface area contributed by atoms with Crippen LogP contribution in [-0.2, 0) is 14.8 Å². The number of nitrogens with zero attached hydrogens (tertiary/aromatic N) is 1. The summed E-state index contributed by atoms with van der Waals surface area (Å²) in [7, 11) is -4.18. The number of aliphatic hydroxyl groups is 2. The van der Waals surface area contributed by atoms with Crippen molar-refractivity contribution in [2.45, 2.75) is 116 Å². The van der Waals surface area contributed by atoms with Crippen molar-refractivity contribution < 1.29 is 32.9 Å². The fourth-order valence-electron chi connectivity index (χ4n) is 10.3. The monoisotopic (exact) mass is 620 g/mol. The van der Waals surface area contributed by atoms with Crippen molar-refractivity contribution >= 4 is 16.1 Å². The second-order valence-corrected chi connectivity index (χ2v) is 16.4. The molecule has 0 saturated heterocycles. The van der Waals surface area contributed by atoms with E-state index < -0.39 is 16.1 Å². The van der Waals surface area contributed by atoms with E-state index in [1.807, 2.05) is 18.6 Å². The van der Waals surface area contributed by atoms with Crippen molar-refractivity contribution in [1.29, 1.82) is 0 Å². The molecule has 0 aromatic carbocycles. The van der Waals surface area contributed by atoms with Gasteiger partial charge in [-0.2, -0.15) is 8.42 Å². The molecule has 9 nitrogen and oxygen atoms in total. The Morgan fingerprint density at radius 3 is 2.40 bits per heavy atom. The molecule has 11 atom stereocenters. The zero-order valence-electron chi connectivity index (χ0n) is 26.7. The Kier molecular flexibility index (Phi) is 9.16. The number of carbonyl (C=O) groups excluding carboxylic acids is 1. The summed E-state index contributed by atoms with van der Waals surface area (Å²) in [6, 6.07) is 2.80. The molecule has 1 aromatic heterocycles. The van der Waals surface area contributed by atoms with Gasteiger partial charge in [0.25, 0.3) is 10.0 Å². The van der Waals surface area contributed by atoms with Crippen LogP contribution in [0.5, 0.6) is 5.75 Å². The van der Waals surface area contributed by atoms with Crippen LogP contribution in [0, 0.1) is 52.3 Å². The first-order chi connectivity index (χ1) is 20.2. The zero-order valence-corrected chi connectivity index (χ0v) is 27.5. The predicted octanol–water partition coefficient (Wildman–Crippen LogP) is 5.55. The molecular weight excluding hydrogens is 568 g/mol. The lowest BCUT2D eigenvalue weighted by Crippen LogP contribution is -2.62. The molecule has 3 N–H and O–H groups in total. The highest BCUT2D eigenvalue weighted by atomic mass is 32.2. The van der Waals surface area contributed by atoms with E-state index in [1.165, 1.54) is 18.3 Å². The third-order valence-electron chi connectivity index (χ3n) is 12.2. The minimum atomic E-state index is -4.18. The highest BCUT2D eigenvalue weighted by molar-refractivity contribution is 7.90. The number of hydrogen-bond donors (Lipinski definition) is 3. The predicted molar refractivity (Wildman–Crippen MR) is 163 cm³/mol. The zero-order chi connectivity index (χ0) is 31.3. The van der Waals surface area contributed by atoms with Gasteiger partial charge >= 0.3 is 6.09 Å². The van der Waals surface area contributed by atoms with Gasteiger partial charge < -0.3 is 19.7 Å². The molecule has 242 valence electrons. The molecule has 1 aromatic rings. The second-order valence-electron chi connectivity index (χ2n) is 14.8. The lowest BCUT2D eigenvalue weighted by Gasteiger charge is -2.64. The molecule has 0 bridgehead atoms. The quantitative estimate of drug-likeness (QED) is 0.345. The standard InChI is InChI=1S/C33H52N2O7S/c1-7-23-27-16-21(36)12-14-33(27,6)26-13-15-32(5)24(9-10-25(32)29(26)30(23)37)20(4)18-41-31(38)35-43(39,40)28-11-8-22(17-34-28)42-19(2)3/h8,11,17,19-21,23-27,29-30,36-37H,7,9-10,12-16,18H2,1-6H3,(H,35,38)/t20-,21-,23-,24-,25+,26+,27+,29+,30-,32-,33-/m1/s1. The van der Waals surface area contributed by atoms with E-state index in [9.17, 15) is 23.4 Å². The SMILES string of the molecule is CC[C@H]1[C@@H](O)[C@@H]2[C@H](CC[C@]3(C)[C@@H]([C@H](C)COC(=O)NS(=O)(=O)c4ccc(OC(C)C)cn4)CC[C@@H]23)[C@@]2(C)CC[C@@H](O)C[C@@H]12. The van der Waals surface area contributed by atoms with E-state index in [4.69, 9.17) is 9.47 Å². The molecule has 4 aliphatic carbocycles. The van der Waals surface area contributed by atoms with Crippen molar-refractivity contribution in [2.24, 2.45) is 52.3 Å². The molecule has 0 aliphatic heterocycles. The van der Waals surface area contributed by atoms with Crippen LogP contribution in [0.25, 0.3) is 0 Å². The molecule has 5 rings (SSSR count). The summed E-state index contributed by atoms with van der Waals surface area (Å²) in [5.74, 6) is 2.48. The summed E-state index contributed by atoms with van der Waals surface area (Å²) in [5, 5.41) is 22.1. The fourth-order valence-corrected chi connectivity index (χ4v) is 11.1. The Hall–Kier alpha value is -1.91. The average molecular weight is 621 g/mol. The van der Waals surface area contributed by atoms with Gasteiger partial charge in [0.1, 0.15) is 5.75 Å². The Morgan fingerprint density at radius 2 is 1.74 bits per heavy atom. The van der Waals surface area contributed by atoms with Crippen LogP contribution >= 0.6 is 0 Å². The highest BCUT2D eigenvalue weighted by Crippen LogP contribution is 2.69. The first-order valence-electron chi connectivity index (χ1n) is 16.4. The number of pyridine rings is 1. The van der Waals surface area contributed by atoms with Crippen LogP contribution in [0.3, 0.4) is 0 Å². The van der Waals surface area contributed by atoms with Gasteiger partial charge in [0.2, 0.25) is 0 Å². The number of aliphatic hydroxyl groups excluding tert-OH is 2. The Morgan fingerprint density at radius 1 is 1.05 bits per heavy atom. The van der Waals surface area contributed by atoms with Gasteiger partial charge in [0, 0.05) is 0 Å². The van der Waals surface area contributed by atoms with Crippen molar-refractivity contribution in [3.63, 3.8) is 0 Å². The van der Waals surface area contributed by atoms with Crippen LogP contribution in [0.2, 0.25) is 0 Å². The number of nitrogens with one attached hydrogen (secondary N) is 1. The fraction of sp³-hybridized carbons (Fsp3) is 0.818. The molecule has 4 aliphatic rings. The average Bonchev–Trinajstić information content (AvgIpc) is 3.30. The molecule has 4 saturated carbocycles. The molecule has 0 spiro atoms. The molecular formula is C33H52N2O7S. The lowest BCUT2D eigenvalue weighted by molar-refractivity contribution is -0.203. The van der Waals surface area contributed by atoms with Crippen LogP contribution in [0.4, 0.5) is 4.79 Å². The molecule has 43 heavy (non-hydrogen) atoms. The molecule has 1 amide bonds. The van der Waals surface area contributed by atoms with Crippen molar-refractivity contribution in [1.82, 2.24) is 9.71 Å². The normalized spacial score (nSPS) is 39.7. The lowest BCUT2D eigenvalue weighted by atomic mass is 9.41. The molecule has 0 unspecified atom stereocenters. The smallest absolute Gasteiger partial charge is 0.421 e. The van der Waals surface area contributed by atoms with Gasteiger partial charge in [-0.15, -0.1) is 0 Å². The third-order valence-corrected chi connectivity index (χ3v) is 13.4. The number of carbonyl (C=O) groups is 1. The number of sulfonamides is 1. The van der Waals surface area contributed by atoms with Gasteiger partial charge in [-0.1, -0.05) is 34.1 Å². The highest BCUT2D eigenvalue weighted by Gasteiger charge is 2.64. The molecule has 1 heterocycles. The van der Waals surface area contributed by atoms with Crippen LogP contribution in [0.15, 0.2) is 23.4 Å². The third kappa shape index (κ3) is 5.92. The van der Waals surface area contributed by atoms with E-state index in [1.54, 1.807) is 0 Å². The number of amides is 1. The molecule has 10 heteroatoms. The minimum absolute atomic E-state index is 0.0207. The summed E-state index contributed by atoms with van der Waals surface area (Å²) in [6.45, 7) is 12.9. The largest absolute Gasteiger partial charge is 0.489 e.